The number of benzene rings is 1. The topological polar surface area (TPSA) is 92.1 Å². The third-order valence-electron chi connectivity index (χ3n) is 2.67. The van der Waals surface area contributed by atoms with Gasteiger partial charge < -0.3 is 4.74 Å². The largest absolute Gasteiger partial charge is 0.468 e. The first kappa shape index (κ1) is 18.3. The zero-order chi connectivity index (χ0) is 16.7. The molecule has 0 fully saturated rings. The molecular formula is C13H13ClFN3O3S. The van der Waals surface area contributed by atoms with Crippen molar-refractivity contribution in [3.63, 3.8) is 0 Å². The Bertz CT molecular complexity index is 635. The van der Waals surface area contributed by atoms with Crippen LogP contribution in [0.2, 0.25) is 5.02 Å². The summed E-state index contributed by atoms with van der Waals surface area (Å²) >= 11 is 7.02. The average molecular weight is 346 g/mol. The van der Waals surface area contributed by atoms with Crippen LogP contribution >= 0.6 is 23.4 Å². The molecule has 118 valence electrons. The van der Waals surface area contributed by atoms with Crippen LogP contribution in [0.1, 0.15) is 30.1 Å². The number of amides is 1. The van der Waals surface area contributed by atoms with E-state index >= 15 is 0 Å². The van der Waals surface area contributed by atoms with E-state index < -0.39 is 28.5 Å². The van der Waals surface area contributed by atoms with Gasteiger partial charge in [-0.05, 0) is 29.2 Å². The van der Waals surface area contributed by atoms with Gasteiger partial charge in [-0.25, -0.2) is 4.39 Å². The van der Waals surface area contributed by atoms with E-state index in [1.165, 1.54) is 13.2 Å². The fourth-order valence-electron chi connectivity index (χ4n) is 1.65. The van der Waals surface area contributed by atoms with E-state index in [1.807, 2.05) is 6.92 Å². The summed E-state index contributed by atoms with van der Waals surface area (Å²) < 4.78 is 18.4. The van der Waals surface area contributed by atoms with Crippen molar-refractivity contribution in [3.8, 4) is 0 Å². The normalized spacial score (nSPS) is 11.5. The number of ether oxygens (including phenoxy) is 1. The second-order valence-corrected chi connectivity index (χ2v) is 5.83. The summed E-state index contributed by atoms with van der Waals surface area (Å²) in [6.45, 7) is 1.90. The van der Waals surface area contributed by atoms with Crippen molar-refractivity contribution in [1.82, 2.24) is 0 Å². The molecule has 0 radical (unpaired) electrons. The molecule has 0 aliphatic carbocycles. The van der Waals surface area contributed by atoms with Gasteiger partial charge in [0.1, 0.15) is 11.1 Å². The Kier molecular flexibility index (Phi) is 7.17. The number of halogens is 2. The number of azide groups is 1. The van der Waals surface area contributed by atoms with Gasteiger partial charge >= 0.3 is 5.97 Å². The van der Waals surface area contributed by atoms with Gasteiger partial charge in [0.05, 0.1) is 17.7 Å². The molecule has 0 saturated heterocycles. The molecule has 0 aromatic heterocycles. The molecule has 0 heterocycles. The first-order valence-corrected chi connectivity index (χ1v) is 7.53. The maximum absolute atomic E-state index is 13.7. The van der Waals surface area contributed by atoms with Gasteiger partial charge in [0.2, 0.25) is 0 Å². The van der Waals surface area contributed by atoms with E-state index in [0.717, 1.165) is 24.2 Å². The number of nitrogens with zero attached hydrogens (tertiary/aromatic N) is 3. The Morgan fingerprint density at radius 1 is 1.55 bits per heavy atom. The molecule has 0 saturated carbocycles. The standard InChI is InChI=1S/C13H13ClFN3O3S/c1-3-4-10(13(20)21-2)22-11-5-7(12(19)17-18-16)9(15)6-8(11)14/h5-6,10H,3-4H2,1-2H3. The quantitative estimate of drug-likeness (QED) is 0.252. The van der Waals surface area contributed by atoms with Crippen molar-refractivity contribution < 1.29 is 18.7 Å². The number of carbonyl (C=O) groups is 2. The van der Waals surface area contributed by atoms with E-state index in [1.54, 1.807) is 0 Å². The monoisotopic (exact) mass is 345 g/mol. The van der Waals surface area contributed by atoms with Crippen LogP contribution in [0.3, 0.4) is 0 Å². The number of esters is 1. The van der Waals surface area contributed by atoms with Crippen LogP contribution in [-0.4, -0.2) is 24.2 Å². The number of carbonyl (C=O) groups excluding carboxylic acids is 2. The third kappa shape index (κ3) is 4.62. The van der Waals surface area contributed by atoms with Gasteiger partial charge in [-0.1, -0.05) is 24.9 Å². The minimum atomic E-state index is -1.05. The molecule has 1 unspecified atom stereocenters. The lowest BCUT2D eigenvalue weighted by Crippen LogP contribution is -2.18. The van der Waals surface area contributed by atoms with Crippen molar-refractivity contribution in [3.05, 3.63) is 39.0 Å². The summed E-state index contributed by atoms with van der Waals surface area (Å²) in [6.07, 6.45) is 1.26. The molecule has 1 aromatic rings. The number of thioether (sulfide) groups is 1. The molecule has 22 heavy (non-hydrogen) atoms. The second-order valence-electron chi connectivity index (χ2n) is 4.18. The molecular weight excluding hydrogens is 333 g/mol. The second kappa shape index (κ2) is 8.63. The lowest BCUT2D eigenvalue weighted by molar-refractivity contribution is -0.140. The van der Waals surface area contributed by atoms with Crippen LogP contribution in [0.15, 0.2) is 22.1 Å². The van der Waals surface area contributed by atoms with Crippen molar-refractivity contribution in [2.45, 2.75) is 29.9 Å². The van der Waals surface area contributed by atoms with E-state index in [4.69, 9.17) is 21.9 Å². The minimum absolute atomic E-state index is 0.0602. The highest BCUT2D eigenvalue weighted by Crippen LogP contribution is 2.34. The van der Waals surface area contributed by atoms with Gasteiger partial charge in [0, 0.05) is 9.81 Å². The summed E-state index contributed by atoms with van der Waals surface area (Å²) in [5.74, 6) is -2.38. The molecule has 1 rings (SSSR count). The van der Waals surface area contributed by atoms with Crippen LogP contribution in [0.4, 0.5) is 4.39 Å². The zero-order valence-electron chi connectivity index (χ0n) is 11.9. The lowest BCUT2D eigenvalue weighted by Gasteiger charge is -2.15. The van der Waals surface area contributed by atoms with E-state index in [0.29, 0.717) is 11.3 Å². The molecule has 1 amide bonds. The summed E-state index contributed by atoms with van der Waals surface area (Å²) in [5, 5.41) is 2.38. The predicted octanol–water partition coefficient (Wildman–Crippen LogP) is 4.36. The van der Waals surface area contributed by atoms with Crippen molar-refractivity contribution in [2.24, 2.45) is 5.11 Å². The van der Waals surface area contributed by atoms with E-state index in [9.17, 15) is 14.0 Å². The Morgan fingerprint density at radius 3 is 2.77 bits per heavy atom. The first-order valence-electron chi connectivity index (χ1n) is 6.27. The highest BCUT2D eigenvalue weighted by molar-refractivity contribution is 8.00. The number of hydrogen-bond donors (Lipinski definition) is 0. The SMILES string of the molecule is CCCC(Sc1cc(C(=O)N=[N+]=[N-])c(F)cc1Cl)C(=O)OC. The number of hydrogen-bond acceptors (Lipinski definition) is 4. The maximum atomic E-state index is 13.7. The Morgan fingerprint density at radius 2 is 2.23 bits per heavy atom. The summed E-state index contributed by atoms with van der Waals surface area (Å²) in [4.78, 5) is 25.9. The van der Waals surface area contributed by atoms with Crippen LogP contribution in [0.5, 0.6) is 0 Å². The van der Waals surface area contributed by atoms with Crippen LogP contribution in [-0.2, 0) is 9.53 Å². The van der Waals surface area contributed by atoms with Gasteiger partial charge in [-0.3, -0.25) is 9.59 Å². The van der Waals surface area contributed by atoms with E-state index in [2.05, 4.69) is 10.0 Å². The Hall–Kier alpha value is -1.76. The maximum Gasteiger partial charge on any atom is 0.319 e. The molecule has 9 heteroatoms. The van der Waals surface area contributed by atoms with Crippen molar-refractivity contribution in [2.75, 3.05) is 7.11 Å². The fraction of sp³-hybridized carbons (Fsp3) is 0.385. The first-order chi connectivity index (χ1) is 10.4. The Balaban J connectivity index is 3.17. The fourth-order valence-corrected chi connectivity index (χ4v) is 3.14. The number of methoxy groups -OCH3 is 1. The zero-order valence-corrected chi connectivity index (χ0v) is 13.4. The van der Waals surface area contributed by atoms with Crippen LogP contribution in [0, 0.1) is 5.82 Å². The third-order valence-corrected chi connectivity index (χ3v) is 4.40. The van der Waals surface area contributed by atoms with Crippen LogP contribution in [0.25, 0.3) is 10.4 Å². The molecule has 0 aliphatic heterocycles. The van der Waals surface area contributed by atoms with Gasteiger partial charge in [-0.2, -0.15) is 0 Å². The molecule has 0 N–H and O–H groups in total. The summed E-state index contributed by atoms with van der Waals surface area (Å²) in [7, 11) is 1.27. The molecule has 0 spiro atoms. The van der Waals surface area contributed by atoms with Crippen LogP contribution < -0.4 is 0 Å². The molecule has 0 aliphatic rings. The van der Waals surface area contributed by atoms with Crippen molar-refractivity contribution in [1.29, 1.82) is 0 Å². The summed E-state index contributed by atoms with van der Waals surface area (Å²) in [5.41, 5.74) is 7.86. The highest BCUT2D eigenvalue weighted by atomic mass is 35.5. The van der Waals surface area contributed by atoms with Gasteiger partial charge in [0.25, 0.3) is 5.91 Å². The molecule has 6 nitrogen and oxygen atoms in total. The average Bonchev–Trinajstić information content (AvgIpc) is 2.48. The predicted molar refractivity (Wildman–Crippen MR) is 81.5 cm³/mol. The molecule has 1 atom stereocenters. The molecule has 1 aromatic carbocycles. The summed E-state index contributed by atoms with van der Waals surface area (Å²) in [6, 6.07) is 2.12. The lowest BCUT2D eigenvalue weighted by atomic mass is 10.2. The van der Waals surface area contributed by atoms with Gasteiger partial charge in [-0.15, -0.1) is 11.8 Å². The number of rotatable bonds is 6. The Labute approximate surface area is 135 Å². The highest BCUT2D eigenvalue weighted by Gasteiger charge is 2.23. The minimum Gasteiger partial charge on any atom is -0.468 e. The smallest absolute Gasteiger partial charge is 0.319 e. The van der Waals surface area contributed by atoms with Crippen molar-refractivity contribution >= 4 is 35.2 Å². The molecule has 0 bridgehead atoms. The van der Waals surface area contributed by atoms with Gasteiger partial charge in [0.15, 0.2) is 0 Å². The van der Waals surface area contributed by atoms with E-state index in [-0.39, 0.29) is 5.02 Å².